The average molecular weight is 432 g/mol. The Morgan fingerprint density at radius 1 is 1.31 bits per heavy atom. The summed E-state index contributed by atoms with van der Waals surface area (Å²) in [5, 5.41) is 0.414. The fourth-order valence-electron chi connectivity index (χ4n) is 2.69. The van der Waals surface area contributed by atoms with Gasteiger partial charge in [-0.3, -0.25) is 4.99 Å². The molecule has 0 fully saturated rings. The zero-order valence-electron chi connectivity index (χ0n) is 15.2. The number of imidazole rings is 1. The maximum atomic E-state index is 12.9. The van der Waals surface area contributed by atoms with Gasteiger partial charge in [0.05, 0.1) is 11.0 Å². The van der Waals surface area contributed by atoms with Crippen molar-refractivity contribution in [1.82, 2.24) is 9.66 Å². The molecule has 0 saturated carbocycles. The first-order valence-corrected chi connectivity index (χ1v) is 9.42. The molecule has 3 rings (SSSR count). The molecule has 0 atom stereocenters. The van der Waals surface area contributed by atoms with Gasteiger partial charge in [-0.1, -0.05) is 17.8 Å². The molecule has 5 nitrogen and oxygen atoms in total. The number of aromatic nitrogens is 2. The van der Waals surface area contributed by atoms with Crippen molar-refractivity contribution < 1.29 is 26.7 Å². The Morgan fingerprint density at radius 2 is 2.07 bits per heavy atom. The van der Waals surface area contributed by atoms with Crippen molar-refractivity contribution in [2.75, 3.05) is 18.2 Å². The topological polar surface area (TPSA) is 65.4 Å². The first kappa shape index (κ1) is 21.2. The summed E-state index contributed by atoms with van der Waals surface area (Å²) >= 11 is 1.25. The second kappa shape index (κ2) is 8.44. The number of benzene rings is 1. The molecule has 0 unspecified atom stereocenters. The van der Waals surface area contributed by atoms with Gasteiger partial charge in [0, 0.05) is 29.6 Å². The van der Waals surface area contributed by atoms with Gasteiger partial charge in [-0.05, 0) is 30.7 Å². The summed E-state index contributed by atoms with van der Waals surface area (Å²) in [6.07, 6.45) is -3.92. The van der Waals surface area contributed by atoms with Crippen LogP contribution in [-0.2, 0) is 4.74 Å². The van der Waals surface area contributed by atoms with Gasteiger partial charge in [0.1, 0.15) is 5.76 Å². The van der Waals surface area contributed by atoms with E-state index in [1.807, 2.05) is 0 Å². The van der Waals surface area contributed by atoms with Crippen molar-refractivity contribution in [3.63, 3.8) is 0 Å². The zero-order chi connectivity index (χ0) is 21.2. The summed E-state index contributed by atoms with van der Waals surface area (Å²) in [6.45, 7) is 0.303. The standard InChI is InChI=1S/C18H17F5N4OS/c1-10-6-12(25-5-4-15(10)28-9-18(21,22)23)8-29-17-26-13-7-11(16(19)20)2-3-14(13)27(17)24/h2-5,7,16H,6,8-9,24H2,1H3. The molecule has 1 aromatic heterocycles. The van der Waals surface area contributed by atoms with E-state index in [0.717, 1.165) is 0 Å². The Morgan fingerprint density at radius 3 is 2.76 bits per heavy atom. The fraction of sp³-hybridized carbons (Fsp3) is 0.333. The monoisotopic (exact) mass is 432 g/mol. The highest BCUT2D eigenvalue weighted by Crippen LogP contribution is 2.28. The van der Waals surface area contributed by atoms with E-state index in [0.29, 0.717) is 39.6 Å². The van der Waals surface area contributed by atoms with E-state index in [1.165, 1.54) is 46.9 Å². The summed E-state index contributed by atoms with van der Waals surface area (Å²) < 4.78 is 68.9. The molecule has 11 heteroatoms. The van der Waals surface area contributed by atoms with Crippen LogP contribution >= 0.6 is 11.8 Å². The highest BCUT2D eigenvalue weighted by molar-refractivity contribution is 7.99. The number of nitrogens with zero attached hydrogens (tertiary/aromatic N) is 3. The highest BCUT2D eigenvalue weighted by atomic mass is 32.2. The maximum absolute atomic E-state index is 12.9. The van der Waals surface area contributed by atoms with Crippen LogP contribution in [0.1, 0.15) is 25.3 Å². The first-order valence-electron chi connectivity index (χ1n) is 8.44. The third-order valence-electron chi connectivity index (χ3n) is 4.07. The molecule has 0 saturated heterocycles. The largest absolute Gasteiger partial charge is 0.484 e. The van der Waals surface area contributed by atoms with Crippen LogP contribution < -0.4 is 5.84 Å². The third-order valence-corrected chi connectivity index (χ3v) is 5.09. The van der Waals surface area contributed by atoms with Crippen LogP contribution in [0, 0.1) is 0 Å². The van der Waals surface area contributed by atoms with Crippen LogP contribution in [0.3, 0.4) is 0 Å². The molecule has 29 heavy (non-hydrogen) atoms. The Labute approximate surface area is 167 Å². The Bertz CT molecular complexity index is 994. The molecular formula is C18H17F5N4OS. The number of ether oxygens (including phenoxy) is 1. The molecule has 1 aliphatic heterocycles. The number of hydrogen-bond donors (Lipinski definition) is 1. The highest BCUT2D eigenvalue weighted by Gasteiger charge is 2.29. The molecule has 0 amide bonds. The second-order valence-corrected chi connectivity index (χ2v) is 7.28. The molecular weight excluding hydrogens is 415 g/mol. The lowest BCUT2D eigenvalue weighted by atomic mass is 10.1. The Kier molecular flexibility index (Phi) is 6.15. The smallest absolute Gasteiger partial charge is 0.422 e. The Balaban J connectivity index is 1.69. The number of nitrogen functional groups attached to an aromatic ring is 1. The van der Waals surface area contributed by atoms with Gasteiger partial charge in [-0.15, -0.1) is 0 Å². The van der Waals surface area contributed by atoms with Gasteiger partial charge in [-0.25, -0.2) is 18.4 Å². The molecule has 2 aromatic rings. The summed E-state index contributed by atoms with van der Waals surface area (Å²) in [4.78, 5) is 8.53. The maximum Gasteiger partial charge on any atom is 0.422 e. The minimum absolute atomic E-state index is 0.136. The van der Waals surface area contributed by atoms with Crippen molar-refractivity contribution in [3.05, 3.63) is 47.4 Å². The Hall–Kier alpha value is -2.56. The number of aliphatic imine (C=N–C) groups is 1. The number of fused-ring (bicyclic) bond motifs is 1. The molecule has 1 aliphatic rings. The molecule has 0 bridgehead atoms. The van der Waals surface area contributed by atoms with Gasteiger partial charge in [-0.2, -0.15) is 13.2 Å². The van der Waals surface area contributed by atoms with Crippen LogP contribution in [0.25, 0.3) is 11.0 Å². The van der Waals surface area contributed by atoms with E-state index in [9.17, 15) is 22.0 Å². The minimum Gasteiger partial charge on any atom is -0.484 e. The SMILES string of the molecule is CC1=C(OCC(F)(F)F)C=CN=C(CSc2nc3cc(C(F)F)ccc3n2N)C1. The number of halogens is 5. The van der Waals surface area contributed by atoms with Crippen LogP contribution in [0.4, 0.5) is 22.0 Å². The van der Waals surface area contributed by atoms with Crippen LogP contribution in [-0.4, -0.2) is 33.9 Å². The minimum atomic E-state index is -4.42. The van der Waals surface area contributed by atoms with Gasteiger partial charge in [0.15, 0.2) is 11.8 Å². The lowest BCUT2D eigenvalue weighted by Gasteiger charge is -2.12. The molecule has 1 aromatic carbocycles. The van der Waals surface area contributed by atoms with E-state index < -0.39 is 19.2 Å². The molecule has 0 aliphatic carbocycles. The quantitative estimate of drug-likeness (QED) is 0.397. The van der Waals surface area contributed by atoms with Crippen LogP contribution in [0.5, 0.6) is 0 Å². The van der Waals surface area contributed by atoms with Gasteiger partial charge < -0.3 is 10.6 Å². The normalized spacial score (nSPS) is 15.2. The lowest BCUT2D eigenvalue weighted by molar-refractivity contribution is -0.164. The number of hydrogen-bond acceptors (Lipinski definition) is 5. The molecule has 2 N–H and O–H groups in total. The van der Waals surface area contributed by atoms with E-state index in [2.05, 4.69) is 9.98 Å². The molecule has 0 radical (unpaired) electrons. The van der Waals surface area contributed by atoms with Gasteiger partial charge in [0.2, 0.25) is 0 Å². The zero-order valence-corrected chi connectivity index (χ0v) is 16.0. The van der Waals surface area contributed by atoms with Crippen molar-refractivity contribution in [1.29, 1.82) is 0 Å². The van der Waals surface area contributed by atoms with E-state index in [4.69, 9.17) is 10.6 Å². The summed E-state index contributed by atoms with van der Waals surface area (Å²) in [7, 11) is 0. The summed E-state index contributed by atoms with van der Waals surface area (Å²) in [5.41, 5.74) is 2.03. The van der Waals surface area contributed by atoms with Crippen LogP contribution in [0.2, 0.25) is 0 Å². The van der Waals surface area contributed by atoms with Gasteiger partial charge in [0.25, 0.3) is 6.43 Å². The predicted octanol–water partition coefficient (Wildman–Crippen LogP) is 4.99. The number of thioether (sulfide) groups is 1. The predicted molar refractivity (Wildman–Crippen MR) is 101 cm³/mol. The summed E-state index contributed by atoms with van der Waals surface area (Å²) in [6, 6.07) is 4.07. The number of rotatable bonds is 6. The van der Waals surface area contributed by atoms with Gasteiger partial charge >= 0.3 is 6.18 Å². The number of alkyl halides is 5. The van der Waals surface area contributed by atoms with Crippen molar-refractivity contribution in [2.45, 2.75) is 31.1 Å². The van der Waals surface area contributed by atoms with Crippen LogP contribution in [0.15, 0.2) is 52.0 Å². The number of nitrogens with two attached hydrogens (primary N) is 1. The van der Waals surface area contributed by atoms with Crippen molar-refractivity contribution in [3.8, 4) is 0 Å². The summed E-state index contributed by atoms with van der Waals surface area (Å²) in [5.74, 6) is 6.50. The van der Waals surface area contributed by atoms with E-state index in [-0.39, 0.29) is 11.3 Å². The van der Waals surface area contributed by atoms with E-state index >= 15 is 0 Å². The lowest BCUT2D eigenvalue weighted by Crippen LogP contribution is -2.17. The average Bonchev–Trinajstić information content (AvgIpc) is 2.84. The fourth-order valence-corrected chi connectivity index (χ4v) is 3.56. The van der Waals surface area contributed by atoms with Crippen molar-refractivity contribution in [2.24, 2.45) is 4.99 Å². The van der Waals surface area contributed by atoms with Crippen molar-refractivity contribution >= 4 is 28.5 Å². The first-order chi connectivity index (χ1) is 13.6. The molecule has 2 heterocycles. The third kappa shape index (κ3) is 5.28. The number of allylic oxidation sites excluding steroid dienone is 2. The second-order valence-electron chi connectivity index (χ2n) is 6.34. The molecule has 156 valence electrons. The molecule has 0 spiro atoms. The van der Waals surface area contributed by atoms with E-state index in [1.54, 1.807) is 6.92 Å².